The summed E-state index contributed by atoms with van der Waals surface area (Å²) in [7, 11) is 0. The van der Waals surface area contributed by atoms with E-state index >= 15 is 0 Å². The Hall–Kier alpha value is -3.68. The van der Waals surface area contributed by atoms with E-state index in [1.165, 1.54) is 30.9 Å². The quantitative estimate of drug-likeness (QED) is 0.696. The summed E-state index contributed by atoms with van der Waals surface area (Å²) in [4.78, 5) is 37.5. The number of rotatable bonds is 4. The molecule has 8 nitrogen and oxygen atoms in total. The Labute approximate surface area is 206 Å². The van der Waals surface area contributed by atoms with Gasteiger partial charge >= 0.3 is 6.18 Å². The molecule has 0 radical (unpaired) electrons. The molecule has 2 saturated heterocycles. The summed E-state index contributed by atoms with van der Waals surface area (Å²) >= 11 is 0. The van der Waals surface area contributed by atoms with Crippen LogP contribution < -0.4 is 10.2 Å². The molecule has 2 amide bonds. The topological polar surface area (TPSA) is 102 Å². The number of hydrogen-bond acceptors (Lipinski definition) is 6. The van der Waals surface area contributed by atoms with Crippen LogP contribution in [0, 0.1) is 22.7 Å². The average Bonchev–Trinajstić information content (AvgIpc) is 3.62. The lowest BCUT2D eigenvalue weighted by atomic mass is 9.70. The highest BCUT2D eigenvalue weighted by Gasteiger charge is 2.52. The van der Waals surface area contributed by atoms with Crippen molar-refractivity contribution < 1.29 is 22.8 Å². The van der Waals surface area contributed by atoms with Crippen molar-refractivity contribution >= 4 is 17.5 Å². The number of alkyl halides is 3. The highest BCUT2D eigenvalue weighted by molar-refractivity contribution is 5.93. The third-order valence-corrected chi connectivity index (χ3v) is 7.54. The Morgan fingerprint density at radius 1 is 1.14 bits per heavy atom. The van der Waals surface area contributed by atoms with Gasteiger partial charge in [0.05, 0.1) is 28.7 Å². The standard InChI is InChI=1S/C25H25F3N6O2/c26-25(27,28)20-9-19(4-1-16(20)10-29)34-13-21(22(35)32-18-2-3-18)24(14-34)5-7-33(8-6-24)23(36)17-11-30-15-31-12-17/h1,4,9,11-12,15,18,21H,2-3,5-8,13-14H2,(H,32,35). The number of nitriles is 1. The van der Waals surface area contributed by atoms with Gasteiger partial charge in [-0.05, 0) is 43.9 Å². The maximum atomic E-state index is 13.6. The first-order valence-electron chi connectivity index (χ1n) is 11.9. The molecule has 3 heterocycles. The molecule has 1 spiro atoms. The summed E-state index contributed by atoms with van der Waals surface area (Å²) < 4.78 is 40.8. The molecule has 1 aliphatic carbocycles. The molecule has 0 bridgehead atoms. The Balaban J connectivity index is 1.39. The van der Waals surface area contributed by atoms with Crippen LogP contribution >= 0.6 is 0 Å². The number of nitrogens with one attached hydrogen (secondary N) is 1. The van der Waals surface area contributed by atoms with E-state index in [9.17, 15) is 22.8 Å². The second-order valence-electron chi connectivity index (χ2n) is 9.84. The maximum Gasteiger partial charge on any atom is 0.417 e. The highest BCUT2D eigenvalue weighted by atomic mass is 19.4. The number of anilines is 1. The zero-order valence-electron chi connectivity index (χ0n) is 19.5. The molecule has 1 unspecified atom stereocenters. The van der Waals surface area contributed by atoms with E-state index in [2.05, 4.69) is 15.3 Å². The summed E-state index contributed by atoms with van der Waals surface area (Å²) in [6.45, 7) is 1.53. The van der Waals surface area contributed by atoms with Crippen LogP contribution in [0.1, 0.15) is 47.2 Å². The van der Waals surface area contributed by atoms with E-state index in [1.807, 2.05) is 4.90 Å². The van der Waals surface area contributed by atoms with Gasteiger partial charge in [-0.2, -0.15) is 18.4 Å². The third kappa shape index (κ3) is 4.59. The number of carbonyl (C=O) groups is 2. The van der Waals surface area contributed by atoms with Crippen LogP contribution in [0.15, 0.2) is 36.9 Å². The predicted molar refractivity (Wildman–Crippen MR) is 123 cm³/mol. The molecule has 2 aliphatic heterocycles. The van der Waals surface area contributed by atoms with Crippen molar-refractivity contribution in [2.75, 3.05) is 31.1 Å². The summed E-state index contributed by atoms with van der Waals surface area (Å²) in [5.41, 5.74) is -1.16. The number of carbonyl (C=O) groups excluding carboxylic acids is 2. The summed E-state index contributed by atoms with van der Waals surface area (Å²) in [5.74, 6) is -0.678. The molecular formula is C25H25F3N6O2. The molecule has 3 aliphatic rings. The number of halogens is 3. The smallest absolute Gasteiger partial charge is 0.370 e. The Bertz CT molecular complexity index is 1200. The molecule has 2 aromatic rings. The first-order valence-corrected chi connectivity index (χ1v) is 11.9. The number of likely N-dealkylation sites (tertiary alicyclic amines) is 1. The van der Waals surface area contributed by atoms with Gasteiger partial charge in [0.15, 0.2) is 0 Å². The molecule has 1 atom stereocenters. The molecule has 1 saturated carbocycles. The van der Waals surface area contributed by atoms with Gasteiger partial charge < -0.3 is 15.1 Å². The van der Waals surface area contributed by atoms with Gasteiger partial charge in [0.25, 0.3) is 5.91 Å². The Morgan fingerprint density at radius 3 is 2.44 bits per heavy atom. The van der Waals surface area contributed by atoms with Crippen molar-refractivity contribution in [2.45, 2.75) is 37.9 Å². The number of hydrogen-bond donors (Lipinski definition) is 1. The van der Waals surface area contributed by atoms with E-state index in [1.54, 1.807) is 11.0 Å². The van der Waals surface area contributed by atoms with Crippen molar-refractivity contribution in [3.63, 3.8) is 0 Å². The zero-order valence-corrected chi connectivity index (χ0v) is 19.5. The largest absolute Gasteiger partial charge is 0.417 e. The van der Waals surface area contributed by atoms with Crippen molar-refractivity contribution in [3.8, 4) is 6.07 Å². The first kappa shape index (κ1) is 24.0. The summed E-state index contributed by atoms with van der Waals surface area (Å²) in [6, 6.07) is 5.47. The summed E-state index contributed by atoms with van der Waals surface area (Å²) in [5, 5.41) is 12.2. The average molecular weight is 499 g/mol. The van der Waals surface area contributed by atoms with Gasteiger partial charge in [-0.1, -0.05) is 0 Å². The molecule has 36 heavy (non-hydrogen) atoms. The second-order valence-corrected chi connectivity index (χ2v) is 9.84. The van der Waals surface area contributed by atoms with E-state index in [0.29, 0.717) is 43.7 Å². The maximum absolute atomic E-state index is 13.6. The number of piperidine rings is 1. The molecule has 1 aromatic heterocycles. The van der Waals surface area contributed by atoms with Crippen LogP contribution in [0.4, 0.5) is 18.9 Å². The first-order chi connectivity index (χ1) is 17.2. The Kier molecular flexibility index (Phi) is 6.06. The molecular weight excluding hydrogens is 473 g/mol. The van der Waals surface area contributed by atoms with Crippen LogP contribution in [0.25, 0.3) is 0 Å². The normalized spacial score (nSPS) is 21.3. The minimum absolute atomic E-state index is 0.0825. The SMILES string of the molecule is N#Cc1ccc(N2CC(C(=O)NC3CC3)C3(CCN(C(=O)c4cncnc4)CC3)C2)cc1C(F)(F)F. The minimum Gasteiger partial charge on any atom is -0.370 e. The number of nitrogens with zero attached hydrogens (tertiary/aromatic N) is 5. The lowest BCUT2D eigenvalue weighted by Gasteiger charge is -2.42. The zero-order chi connectivity index (χ0) is 25.5. The molecule has 1 aromatic carbocycles. The van der Waals surface area contributed by atoms with E-state index < -0.39 is 28.6 Å². The van der Waals surface area contributed by atoms with Crippen molar-refractivity contribution in [1.82, 2.24) is 20.2 Å². The molecule has 3 fully saturated rings. The van der Waals surface area contributed by atoms with E-state index in [0.717, 1.165) is 18.9 Å². The van der Waals surface area contributed by atoms with Gasteiger partial charge in [0, 0.05) is 55.7 Å². The minimum atomic E-state index is -4.66. The third-order valence-electron chi connectivity index (χ3n) is 7.54. The van der Waals surface area contributed by atoms with Crippen molar-refractivity contribution in [1.29, 1.82) is 5.26 Å². The Morgan fingerprint density at radius 2 is 1.83 bits per heavy atom. The number of aromatic nitrogens is 2. The van der Waals surface area contributed by atoms with Crippen molar-refractivity contribution in [2.24, 2.45) is 11.3 Å². The molecule has 11 heteroatoms. The van der Waals surface area contributed by atoms with Crippen LogP contribution in [0.3, 0.4) is 0 Å². The summed E-state index contributed by atoms with van der Waals surface area (Å²) in [6.07, 6.45) is 2.59. The number of amides is 2. The fourth-order valence-electron chi connectivity index (χ4n) is 5.37. The fraction of sp³-hybridized carbons (Fsp3) is 0.480. The highest BCUT2D eigenvalue weighted by Crippen LogP contribution is 2.47. The van der Waals surface area contributed by atoms with Crippen LogP contribution in [-0.2, 0) is 11.0 Å². The molecule has 188 valence electrons. The van der Waals surface area contributed by atoms with Gasteiger partial charge in [-0.15, -0.1) is 0 Å². The molecule has 1 N–H and O–H groups in total. The van der Waals surface area contributed by atoms with Crippen LogP contribution in [0.5, 0.6) is 0 Å². The second kappa shape index (κ2) is 9.08. The van der Waals surface area contributed by atoms with Crippen molar-refractivity contribution in [3.05, 3.63) is 53.6 Å². The molecule has 5 rings (SSSR count). The number of benzene rings is 1. The predicted octanol–water partition coefficient (Wildman–Crippen LogP) is 3.00. The van der Waals surface area contributed by atoms with Crippen LogP contribution in [0.2, 0.25) is 0 Å². The van der Waals surface area contributed by atoms with Gasteiger partial charge in [-0.25, -0.2) is 9.97 Å². The van der Waals surface area contributed by atoms with Gasteiger partial charge in [0.2, 0.25) is 5.91 Å². The van der Waals surface area contributed by atoms with Gasteiger partial charge in [0.1, 0.15) is 6.33 Å². The van der Waals surface area contributed by atoms with E-state index in [4.69, 9.17) is 5.26 Å². The lowest BCUT2D eigenvalue weighted by Crippen LogP contribution is -2.50. The lowest BCUT2D eigenvalue weighted by molar-refractivity contribution is -0.137. The monoisotopic (exact) mass is 498 g/mol. The van der Waals surface area contributed by atoms with Gasteiger partial charge in [-0.3, -0.25) is 9.59 Å². The van der Waals surface area contributed by atoms with Crippen LogP contribution in [-0.4, -0.2) is 58.9 Å². The fourth-order valence-corrected chi connectivity index (χ4v) is 5.37. The van der Waals surface area contributed by atoms with E-state index in [-0.39, 0.29) is 24.4 Å².